The van der Waals surface area contributed by atoms with E-state index in [1.54, 1.807) is 0 Å². The van der Waals surface area contributed by atoms with Gasteiger partial charge in [-0.25, -0.2) is 0 Å². The molecule has 0 aliphatic rings. The Morgan fingerprint density at radius 1 is 1.33 bits per heavy atom. The smallest absolute Gasteiger partial charge is 0.0332 e. The molecule has 0 bridgehead atoms. The first-order valence-electron chi connectivity index (χ1n) is 6.16. The predicted molar refractivity (Wildman–Crippen MR) is 83.3 cm³/mol. The monoisotopic (exact) mass is 323 g/mol. The molecule has 96 valence electrons. The van der Waals surface area contributed by atoms with Crippen molar-refractivity contribution in [2.45, 2.75) is 25.8 Å². The highest BCUT2D eigenvalue weighted by Gasteiger charge is 2.12. The van der Waals surface area contributed by atoms with Crippen molar-refractivity contribution in [3.63, 3.8) is 0 Å². The fourth-order valence-corrected chi connectivity index (χ4v) is 3.61. The summed E-state index contributed by atoms with van der Waals surface area (Å²) in [6, 6.07) is 11.3. The molecular weight excluding hydrogens is 306 g/mol. The third kappa shape index (κ3) is 3.44. The first-order chi connectivity index (χ1) is 8.70. The lowest BCUT2D eigenvalue weighted by Crippen LogP contribution is -2.17. The van der Waals surface area contributed by atoms with E-state index in [0.29, 0.717) is 6.04 Å². The molecule has 2 rings (SSSR count). The number of thiophene rings is 1. The quantitative estimate of drug-likeness (QED) is 0.840. The zero-order valence-electron chi connectivity index (χ0n) is 10.7. The Morgan fingerprint density at radius 3 is 2.78 bits per heavy atom. The topological polar surface area (TPSA) is 12.0 Å². The second kappa shape index (κ2) is 6.50. The fraction of sp³-hybridized carbons (Fsp3) is 0.333. The molecule has 1 atom stereocenters. The van der Waals surface area contributed by atoms with Crippen LogP contribution in [0, 0.1) is 6.92 Å². The highest BCUT2D eigenvalue weighted by atomic mass is 79.9. The average Bonchev–Trinajstić information content (AvgIpc) is 2.85. The van der Waals surface area contributed by atoms with Gasteiger partial charge in [0.2, 0.25) is 0 Å². The van der Waals surface area contributed by atoms with Crippen LogP contribution in [0.1, 0.15) is 28.5 Å². The van der Waals surface area contributed by atoms with Crippen molar-refractivity contribution in [2.75, 3.05) is 7.05 Å². The number of hydrogen-bond acceptors (Lipinski definition) is 2. The van der Waals surface area contributed by atoms with Crippen molar-refractivity contribution >= 4 is 27.3 Å². The fourth-order valence-electron chi connectivity index (χ4n) is 2.11. The summed E-state index contributed by atoms with van der Waals surface area (Å²) in [4.78, 5) is 1.46. The minimum absolute atomic E-state index is 0.405. The number of nitrogens with one attached hydrogen (secondary N) is 1. The van der Waals surface area contributed by atoms with Gasteiger partial charge in [-0.1, -0.05) is 34.1 Å². The molecule has 0 fully saturated rings. The molecule has 1 heterocycles. The standard InChI is InChI=1S/C15H18BrNS/c1-11-5-7-13(14(16)10-11)15(17-2)8-6-12-4-3-9-18-12/h3-5,7,9-10,15,17H,6,8H2,1-2H3. The summed E-state index contributed by atoms with van der Waals surface area (Å²) in [6.45, 7) is 2.12. The lowest BCUT2D eigenvalue weighted by molar-refractivity contribution is 0.549. The van der Waals surface area contributed by atoms with Crippen LogP contribution in [-0.2, 0) is 6.42 Å². The van der Waals surface area contributed by atoms with Crippen LogP contribution in [0.15, 0.2) is 40.2 Å². The summed E-state index contributed by atoms with van der Waals surface area (Å²) in [5.74, 6) is 0. The van der Waals surface area contributed by atoms with Crippen molar-refractivity contribution in [3.8, 4) is 0 Å². The van der Waals surface area contributed by atoms with E-state index in [-0.39, 0.29) is 0 Å². The van der Waals surface area contributed by atoms with E-state index < -0.39 is 0 Å². The maximum atomic E-state index is 3.67. The second-order valence-electron chi connectivity index (χ2n) is 4.48. The zero-order chi connectivity index (χ0) is 13.0. The molecular formula is C15H18BrNS. The van der Waals surface area contributed by atoms with E-state index in [9.17, 15) is 0 Å². The normalized spacial score (nSPS) is 12.6. The highest BCUT2D eigenvalue weighted by Crippen LogP contribution is 2.28. The van der Waals surface area contributed by atoms with Crippen molar-refractivity contribution < 1.29 is 0 Å². The molecule has 2 aromatic rings. The number of hydrogen-bond donors (Lipinski definition) is 1. The Morgan fingerprint density at radius 2 is 2.17 bits per heavy atom. The third-order valence-electron chi connectivity index (χ3n) is 3.14. The Bertz CT molecular complexity index is 493. The molecule has 1 nitrogen and oxygen atoms in total. The van der Waals surface area contributed by atoms with Gasteiger partial charge >= 0.3 is 0 Å². The largest absolute Gasteiger partial charge is 0.313 e. The van der Waals surface area contributed by atoms with E-state index in [4.69, 9.17) is 0 Å². The first-order valence-corrected chi connectivity index (χ1v) is 7.83. The molecule has 0 saturated heterocycles. The van der Waals surface area contributed by atoms with Crippen molar-refractivity contribution in [1.29, 1.82) is 0 Å². The van der Waals surface area contributed by atoms with E-state index >= 15 is 0 Å². The van der Waals surface area contributed by atoms with Gasteiger partial charge in [0.25, 0.3) is 0 Å². The summed E-state index contributed by atoms with van der Waals surface area (Å²) in [5.41, 5.74) is 2.64. The average molecular weight is 324 g/mol. The Balaban J connectivity index is 2.08. The molecule has 18 heavy (non-hydrogen) atoms. The van der Waals surface area contributed by atoms with E-state index in [2.05, 4.69) is 63.9 Å². The number of halogens is 1. The van der Waals surface area contributed by atoms with Gasteiger partial charge in [-0.15, -0.1) is 11.3 Å². The van der Waals surface area contributed by atoms with E-state index in [0.717, 1.165) is 12.8 Å². The van der Waals surface area contributed by atoms with Gasteiger partial charge in [-0.2, -0.15) is 0 Å². The SMILES string of the molecule is CNC(CCc1cccs1)c1ccc(C)cc1Br. The molecule has 1 unspecified atom stereocenters. The summed E-state index contributed by atoms with van der Waals surface area (Å²) in [6.07, 6.45) is 2.25. The van der Waals surface area contributed by atoms with E-state index in [1.807, 2.05) is 18.4 Å². The van der Waals surface area contributed by atoms with Gasteiger partial charge in [0.1, 0.15) is 0 Å². The minimum atomic E-state index is 0.405. The van der Waals surface area contributed by atoms with Crippen LogP contribution in [0.4, 0.5) is 0 Å². The van der Waals surface area contributed by atoms with Crippen LogP contribution >= 0.6 is 27.3 Å². The van der Waals surface area contributed by atoms with Gasteiger partial charge in [-0.3, -0.25) is 0 Å². The lowest BCUT2D eigenvalue weighted by Gasteiger charge is -2.18. The van der Waals surface area contributed by atoms with Gasteiger partial charge in [0, 0.05) is 15.4 Å². The summed E-state index contributed by atoms with van der Waals surface area (Å²) < 4.78 is 1.20. The molecule has 3 heteroatoms. The molecule has 0 aliphatic heterocycles. The molecule has 1 N–H and O–H groups in total. The number of aryl methyl sites for hydroxylation is 2. The Labute approximate surface area is 121 Å². The van der Waals surface area contributed by atoms with Crippen LogP contribution in [0.2, 0.25) is 0 Å². The Hall–Kier alpha value is -0.640. The van der Waals surface area contributed by atoms with Crippen LogP contribution in [0.3, 0.4) is 0 Å². The molecule has 0 radical (unpaired) electrons. The van der Waals surface area contributed by atoms with Crippen molar-refractivity contribution in [3.05, 3.63) is 56.2 Å². The highest BCUT2D eigenvalue weighted by molar-refractivity contribution is 9.10. The van der Waals surface area contributed by atoms with Crippen LogP contribution in [-0.4, -0.2) is 7.05 Å². The number of rotatable bonds is 5. The first kappa shape index (κ1) is 13.8. The van der Waals surface area contributed by atoms with Gasteiger partial charge in [0.15, 0.2) is 0 Å². The van der Waals surface area contributed by atoms with Crippen LogP contribution in [0.25, 0.3) is 0 Å². The third-order valence-corrected chi connectivity index (χ3v) is 4.76. The molecule has 0 amide bonds. The Kier molecular flexibility index (Phi) is 4.98. The summed E-state index contributed by atoms with van der Waals surface area (Å²) in [7, 11) is 2.03. The molecule has 0 spiro atoms. The van der Waals surface area contributed by atoms with Gasteiger partial charge in [0.05, 0.1) is 0 Å². The molecule has 0 saturated carbocycles. The van der Waals surface area contributed by atoms with E-state index in [1.165, 1.54) is 20.5 Å². The number of benzene rings is 1. The molecule has 1 aromatic carbocycles. The van der Waals surface area contributed by atoms with Crippen LogP contribution < -0.4 is 5.32 Å². The lowest BCUT2D eigenvalue weighted by atomic mass is 10.0. The molecule has 1 aromatic heterocycles. The second-order valence-corrected chi connectivity index (χ2v) is 6.37. The minimum Gasteiger partial charge on any atom is -0.313 e. The van der Waals surface area contributed by atoms with Crippen molar-refractivity contribution in [1.82, 2.24) is 5.32 Å². The van der Waals surface area contributed by atoms with Crippen LogP contribution in [0.5, 0.6) is 0 Å². The predicted octanol–water partition coefficient (Wildman–Crippen LogP) is 4.71. The van der Waals surface area contributed by atoms with Gasteiger partial charge in [-0.05, 0) is 55.5 Å². The van der Waals surface area contributed by atoms with Gasteiger partial charge < -0.3 is 5.32 Å². The summed E-state index contributed by atoms with van der Waals surface area (Å²) >= 11 is 5.51. The van der Waals surface area contributed by atoms with Crippen molar-refractivity contribution in [2.24, 2.45) is 0 Å². The summed E-state index contributed by atoms with van der Waals surface area (Å²) in [5, 5.41) is 5.56. The maximum absolute atomic E-state index is 3.67. The molecule has 0 aliphatic carbocycles. The maximum Gasteiger partial charge on any atom is 0.0332 e. The zero-order valence-corrected chi connectivity index (χ0v) is 13.1.